The molecule has 1 aliphatic rings. The number of nitrogens with zero attached hydrogens (tertiary/aromatic N) is 1. The highest BCUT2D eigenvalue weighted by atomic mass is 32.2. The lowest BCUT2D eigenvalue weighted by Crippen LogP contribution is -2.32. The maximum absolute atomic E-state index is 2.48. The van der Waals surface area contributed by atoms with Crippen LogP contribution in [0.15, 0.2) is 82.7 Å². The Labute approximate surface area is 248 Å². The highest BCUT2D eigenvalue weighted by Crippen LogP contribution is 2.54. The lowest BCUT2D eigenvalue weighted by atomic mass is 9.81. The summed E-state index contributed by atoms with van der Waals surface area (Å²) in [6.07, 6.45) is 4.39. The molecule has 0 spiro atoms. The molecule has 1 aliphatic heterocycles. The molecular weight excluding hydrogens is 515 g/mol. The first-order valence-electron chi connectivity index (χ1n) is 14.9. The van der Waals surface area contributed by atoms with Crippen LogP contribution in [0.3, 0.4) is 0 Å². The molecule has 0 saturated carbocycles. The second-order valence-corrected chi connectivity index (χ2v) is 15.6. The summed E-state index contributed by atoms with van der Waals surface area (Å²) < 4.78 is 2.37. The van der Waals surface area contributed by atoms with Gasteiger partial charge in [0.05, 0.1) is 10.9 Å². The van der Waals surface area contributed by atoms with Crippen molar-refractivity contribution in [1.82, 2.24) is 0 Å². The van der Waals surface area contributed by atoms with E-state index >= 15 is 0 Å². The van der Waals surface area contributed by atoms with Crippen molar-refractivity contribution in [2.75, 3.05) is 0 Å². The van der Waals surface area contributed by atoms with Crippen LogP contribution in [0.5, 0.6) is 0 Å². The lowest BCUT2D eigenvalue weighted by molar-refractivity contribution is -0.659. The van der Waals surface area contributed by atoms with E-state index in [-0.39, 0.29) is 10.8 Å². The molecule has 1 aromatic heterocycles. The van der Waals surface area contributed by atoms with Gasteiger partial charge in [-0.1, -0.05) is 108 Å². The third kappa shape index (κ3) is 4.34. The van der Waals surface area contributed by atoms with E-state index in [0.717, 1.165) is 12.8 Å². The monoisotopic (exact) mass is 554 g/mol. The number of hydrogen-bond acceptors (Lipinski definition) is 1. The third-order valence-corrected chi connectivity index (χ3v) is 9.86. The van der Waals surface area contributed by atoms with Crippen molar-refractivity contribution in [3.05, 3.63) is 89.6 Å². The van der Waals surface area contributed by atoms with E-state index in [1.165, 1.54) is 80.8 Å². The highest BCUT2D eigenvalue weighted by molar-refractivity contribution is 8.00. The number of benzene rings is 5. The lowest BCUT2D eigenvalue weighted by Gasteiger charge is -2.28. The van der Waals surface area contributed by atoms with E-state index in [1.807, 2.05) is 11.8 Å². The summed E-state index contributed by atoms with van der Waals surface area (Å²) >= 11 is 2.01. The minimum absolute atomic E-state index is 0.160. The van der Waals surface area contributed by atoms with E-state index in [1.54, 1.807) is 0 Å². The predicted molar refractivity (Wildman–Crippen MR) is 178 cm³/mol. The summed E-state index contributed by atoms with van der Waals surface area (Å²) in [5, 5.41) is 11.0. The normalized spacial score (nSPS) is 13.5. The van der Waals surface area contributed by atoms with Gasteiger partial charge in [0, 0.05) is 21.2 Å². The Bertz CT molecular complexity index is 2050. The fourth-order valence-electron chi connectivity index (χ4n) is 7.10. The zero-order chi connectivity index (χ0) is 28.8. The van der Waals surface area contributed by atoms with E-state index in [2.05, 4.69) is 133 Å². The molecule has 7 rings (SSSR count). The van der Waals surface area contributed by atoms with Crippen LogP contribution >= 0.6 is 11.8 Å². The second-order valence-electron chi connectivity index (χ2n) is 14.6. The smallest absolute Gasteiger partial charge is 0.200 e. The summed E-state index contributed by atoms with van der Waals surface area (Å²) in [7, 11) is 2.22. The molecule has 1 nitrogen and oxygen atoms in total. The van der Waals surface area contributed by atoms with Gasteiger partial charge in [0.1, 0.15) is 7.05 Å². The number of aryl methyl sites for hydroxylation is 2. The van der Waals surface area contributed by atoms with Crippen LogP contribution < -0.4 is 4.57 Å². The van der Waals surface area contributed by atoms with Gasteiger partial charge in [0.25, 0.3) is 0 Å². The molecule has 0 N–H and O–H groups in total. The van der Waals surface area contributed by atoms with Gasteiger partial charge in [0.15, 0.2) is 6.20 Å². The van der Waals surface area contributed by atoms with Crippen LogP contribution in [-0.2, 0) is 19.9 Å². The van der Waals surface area contributed by atoms with Crippen molar-refractivity contribution in [2.24, 2.45) is 17.9 Å². The first-order valence-corrected chi connectivity index (χ1v) is 15.7. The molecular formula is C39H40NS+. The van der Waals surface area contributed by atoms with Gasteiger partial charge in [-0.3, -0.25) is 0 Å². The number of aromatic nitrogens is 1. The van der Waals surface area contributed by atoms with Crippen molar-refractivity contribution < 1.29 is 4.57 Å². The van der Waals surface area contributed by atoms with Crippen LogP contribution in [0.25, 0.3) is 54.3 Å². The zero-order valence-corrected chi connectivity index (χ0v) is 26.5. The van der Waals surface area contributed by atoms with E-state index in [4.69, 9.17) is 0 Å². The molecule has 0 atom stereocenters. The maximum atomic E-state index is 2.48. The molecule has 2 heteroatoms. The topological polar surface area (TPSA) is 3.88 Å². The van der Waals surface area contributed by atoms with E-state index in [0.29, 0.717) is 0 Å². The van der Waals surface area contributed by atoms with Gasteiger partial charge in [-0.25, -0.2) is 4.57 Å². The van der Waals surface area contributed by atoms with Crippen molar-refractivity contribution in [3.63, 3.8) is 0 Å². The molecule has 0 radical (unpaired) electrons. The summed E-state index contributed by atoms with van der Waals surface area (Å²) in [5.41, 5.74) is 7.50. The van der Waals surface area contributed by atoms with Crippen LogP contribution in [0.4, 0.5) is 0 Å². The number of pyridine rings is 1. The maximum Gasteiger partial charge on any atom is 0.222 e. The molecule has 0 amide bonds. The molecule has 0 aliphatic carbocycles. The van der Waals surface area contributed by atoms with Crippen LogP contribution in [0.2, 0.25) is 0 Å². The van der Waals surface area contributed by atoms with Gasteiger partial charge in [-0.05, 0) is 85.7 Å². The number of hydrogen-bond donors (Lipinski definition) is 0. The van der Waals surface area contributed by atoms with Crippen molar-refractivity contribution in [2.45, 2.75) is 71.1 Å². The highest BCUT2D eigenvalue weighted by Gasteiger charge is 2.33. The zero-order valence-electron chi connectivity index (χ0n) is 25.7. The first-order chi connectivity index (χ1) is 19.4. The summed E-state index contributed by atoms with van der Waals surface area (Å²) in [4.78, 5) is 2.83. The third-order valence-electron chi connectivity index (χ3n) is 8.66. The van der Waals surface area contributed by atoms with Crippen LogP contribution in [0, 0.1) is 17.8 Å². The van der Waals surface area contributed by atoms with Crippen LogP contribution in [-0.4, -0.2) is 0 Å². The van der Waals surface area contributed by atoms with E-state index < -0.39 is 0 Å². The van der Waals surface area contributed by atoms with Gasteiger partial charge in [-0.15, -0.1) is 0 Å². The first kappa shape index (κ1) is 26.5. The Kier molecular flexibility index (Phi) is 5.87. The van der Waals surface area contributed by atoms with Gasteiger partial charge < -0.3 is 0 Å². The Morgan fingerprint density at radius 1 is 0.683 bits per heavy atom. The Morgan fingerprint density at radius 3 is 2.17 bits per heavy atom. The average Bonchev–Trinajstić information content (AvgIpc) is 2.90. The van der Waals surface area contributed by atoms with Crippen LogP contribution in [0.1, 0.15) is 58.2 Å². The molecule has 6 aromatic rings. The number of fused-ring (bicyclic) bond motifs is 7. The van der Waals surface area contributed by atoms with Gasteiger partial charge >= 0.3 is 0 Å². The summed E-state index contributed by atoms with van der Waals surface area (Å²) in [6.45, 7) is 16.5. The standard InChI is InChI=1S/C39H40NS/c1-23-27-16-14-25-11-9-10-12-29(25)34(27)31(22-39(5,6)7)37-33(23)36-35-30(17-18-40(36)8)28-15-13-24(21-38(2,3)4)19-26(28)20-32(35)41-37/h9-20H,21-22H2,1-8H3/q+1. The van der Waals surface area contributed by atoms with E-state index in [9.17, 15) is 0 Å². The largest absolute Gasteiger partial charge is 0.222 e. The molecule has 5 aromatic carbocycles. The molecule has 0 fully saturated rings. The SMILES string of the molecule is Cc1c2c(c(CC(C)(C)C)c3c1ccc1ccccc13)Sc1cc3cc(CC(C)(C)C)ccc3c3cc[n+](C)c-2c13. The predicted octanol–water partition coefficient (Wildman–Crippen LogP) is 10.7. The number of rotatable bonds is 2. The van der Waals surface area contributed by atoms with Gasteiger partial charge in [-0.2, -0.15) is 0 Å². The Balaban J connectivity index is 1.61. The van der Waals surface area contributed by atoms with Crippen molar-refractivity contribution in [1.29, 1.82) is 0 Å². The molecule has 206 valence electrons. The Hall–Kier alpha value is -3.36. The van der Waals surface area contributed by atoms with Gasteiger partial charge in [0.2, 0.25) is 5.69 Å². The molecule has 2 heterocycles. The molecule has 41 heavy (non-hydrogen) atoms. The minimum atomic E-state index is 0.160. The molecule has 0 saturated heterocycles. The molecule has 0 unspecified atom stereocenters. The fraction of sp³-hybridized carbons (Fsp3) is 0.308. The summed E-state index contributed by atoms with van der Waals surface area (Å²) in [6, 6.07) is 25.6. The minimum Gasteiger partial charge on any atom is -0.200 e. The van der Waals surface area contributed by atoms with Crippen molar-refractivity contribution in [3.8, 4) is 11.3 Å². The van der Waals surface area contributed by atoms with Crippen molar-refractivity contribution >= 4 is 54.9 Å². The fourth-order valence-corrected chi connectivity index (χ4v) is 8.47. The quantitative estimate of drug-likeness (QED) is 0.152. The second kappa shape index (κ2) is 9.07. The Morgan fingerprint density at radius 2 is 1.41 bits per heavy atom. The summed E-state index contributed by atoms with van der Waals surface area (Å²) in [5.74, 6) is 0. The average molecular weight is 555 g/mol. The molecule has 0 bridgehead atoms.